The molecule has 0 saturated heterocycles. The van der Waals surface area contributed by atoms with Gasteiger partial charge in [-0.1, -0.05) is 16.8 Å². The minimum atomic E-state index is -4.61. The highest BCUT2D eigenvalue weighted by molar-refractivity contribution is 6.69. The Labute approximate surface area is 109 Å². The summed E-state index contributed by atoms with van der Waals surface area (Å²) in [5.74, 6) is 0. The molecule has 2 rings (SSSR count). The second kappa shape index (κ2) is 4.88. The molecule has 0 atom stereocenters. The van der Waals surface area contributed by atoms with Gasteiger partial charge in [-0.25, -0.2) is 9.67 Å². The molecule has 0 unspecified atom stereocenters. The fourth-order valence-electron chi connectivity index (χ4n) is 1.48. The topological polar surface area (TPSA) is 63.3 Å². The van der Waals surface area contributed by atoms with Gasteiger partial charge < -0.3 is 5.21 Å². The van der Waals surface area contributed by atoms with Gasteiger partial charge in [-0.15, -0.1) is 0 Å². The van der Waals surface area contributed by atoms with Crippen molar-refractivity contribution in [1.29, 1.82) is 0 Å². The summed E-state index contributed by atoms with van der Waals surface area (Å²) in [5, 5.41) is 14.4. The molecule has 100 valence electrons. The van der Waals surface area contributed by atoms with E-state index in [0.29, 0.717) is 0 Å². The molecule has 1 N–H and O–H groups in total. The number of alkyl halides is 3. The molecule has 19 heavy (non-hydrogen) atoms. The standard InChI is InChI=1S/C10H6ClF3N4O/c11-9(17-19)6-1-2-8(18-5-15-4-16-18)7(3-6)10(12,13)14/h1-5,19H. The first kappa shape index (κ1) is 13.3. The van der Waals surface area contributed by atoms with E-state index in [2.05, 4.69) is 15.2 Å². The lowest BCUT2D eigenvalue weighted by molar-refractivity contribution is -0.137. The van der Waals surface area contributed by atoms with Crippen molar-refractivity contribution >= 4 is 16.8 Å². The zero-order valence-electron chi connectivity index (χ0n) is 9.13. The summed E-state index contributed by atoms with van der Waals surface area (Å²) in [5.41, 5.74) is -1.21. The summed E-state index contributed by atoms with van der Waals surface area (Å²) in [6.07, 6.45) is -2.34. The van der Waals surface area contributed by atoms with E-state index < -0.39 is 16.9 Å². The summed E-state index contributed by atoms with van der Waals surface area (Å²) < 4.78 is 39.9. The van der Waals surface area contributed by atoms with Crippen LogP contribution in [0.3, 0.4) is 0 Å². The van der Waals surface area contributed by atoms with Crippen molar-refractivity contribution in [3.8, 4) is 5.69 Å². The van der Waals surface area contributed by atoms with Crippen LogP contribution in [0.15, 0.2) is 36.0 Å². The SMILES string of the molecule is ON=C(Cl)c1ccc(-n2cncn2)c(C(F)(F)F)c1. The summed E-state index contributed by atoms with van der Waals surface area (Å²) in [4.78, 5) is 3.59. The smallest absolute Gasteiger partial charge is 0.410 e. The van der Waals surface area contributed by atoms with Gasteiger partial charge in [0.25, 0.3) is 0 Å². The molecular formula is C10H6ClF3N4O. The van der Waals surface area contributed by atoms with Crippen LogP contribution in [0.2, 0.25) is 0 Å². The molecular weight excluding hydrogens is 285 g/mol. The Balaban J connectivity index is 2.63. The van der Waals surface area contributed by atoms with Gasteiger partial charge in [-0.2, -0.15) is 18.3 Å². The third-order valence-electron chi connectivity index (χ3n) is 2.29. The van der Waals surface area contributed by atoms with E-state index in [1.165, 1.54) is 12.1 Å². The van der Waals surface area contributed by atoms with E-state index in [4.69, 9.17) is 16.8 Å². The Kier molecular flexibility index (Phi) is 3.43. The molecule has 0 aliphatic carbocycles. The molecule has 0 radical (unpaired) electrons. The van der Waals surface area contributed by atoms with Crippen LogP contribution in [-0.2, 0) is 6.18 Å². The van der Waals surface area contributed by atoms with Crippen molar-refractivity contribution < 1.29 is 18.4 Å². The molecule has 9 heteroatoms. The highest BCUT2D eigenvalue weighted by atomic mass is 35.5. The second-order valence-electron chi connectivity index (χ2n) is 3.46. The van der Waals surface area contributed by atoms with Crippen LogP contribution in [0.1, 0.15) is 11.1 Å². The minimum Gasteiger partial charge on any atom is -0.410 e. The van der Waals surface area contributed by atoms with Crippen LogP contribution in [-0.4, -0.2) is 25.1 Å². The molecule has 0 fully saturated rings. The van der Waals surface area contributed by atoms with E-state index in [-0.39, 0.29) is 11.3 Å². The highest BCUT2D eigenvalue weighted by Crippen LogP contribution is 2.34. The normalized spacial score (nSPS) is 12.7. The van der Waals surface area contributed by atoms with Crippen molar-refractivity contribution in [2.75, 3.05) is 0 Å². The summed E-state index contributed by atoms with van der Waals surface area (Å²) in [6.45, 7) is 0. The largest absolute Gasteiger partial charge is 0.418 e. The molecule has 0 amide bonds. The summed E-state index contributed by atoms with van der Waals surface area (Å²) in [6, 6.07) is 3.23. The average molecular weight is 291 g/mol. The van der Waals surface area contributed by atoms with Gasteiger partial charge in [-0.05, 0) is 18.2 Å². The van der Waals surface area contributed by atoms with Crippen molar-refractivity contribution in [3.05, 3.63) is 42.0 Å². The van der Waals surface area contributed by atoms with E-state index >= 15 is 0 Å². The lowest BCUT2D eigenvalue weighted by atomic mass is 10.1. The van der Waals surface area contributed by atoms with Crippen LogP contribution < -0.4 is 0 Å². The lowest BCUT2D eigenvalue weighted by Crippen LogP contribution is -2.12. The van der Waals surface area contributed by atoms with Crippen LogP contribution in [0, 0.1) is 0 Å². The maximum atomic E-state index is 13.0. The van der Waals surface area contributed by atoms with Crippen LogP contribution in [0.4, 0.5) is 13.2 Å². The molecule has 5 nitrogen and oxygen atoms in total. The zero-order chi connectivity index (χ0) is 14.0. The first-order chi connectivity index (χ1) is 8.93. The summed E-state index contributed by atoms with van der Waals surface area (Å²) >= 11 is 5.49. The monoisotopic (exact) mass is 290 g/mol. The third kappa shape index (κ3) is 2.68. The Morgan fingerprint density at radius 2 is 2.11 bits per heavy atom. The van der Waals surface area contributed by atoms with E-state index in [9.17, 15) is 13.2 Å². The van der Waals surface area contributed by atoms with Gasteiger partial charge in [0.2, 0.25) is 0 Å². The summed E-state index contributed by atoms with van der Waals surface area (Å²) in [7, 11) is 0. The molecule has 0 aliphatic rings. The number of rotatable bonds is 2. The minimum absolute atomic E-state index is 0.0552. The Bertz CT molecular complexity index is 610. The molecule has 0 bridgehead atoms. The van der Waals surface area contributed by atoms with Gasteiger partial charge in [0.15, 0.2) is 5.17 Å². The van der Waals surface area contributed by atoms with Gasteiger partial charge in [0.1, 0.15) is 12.7 Å². The maximum absolute atomic E-state index is 13.0. The number of halogens is 4. The number of hydrogen-bond donors (Lipinski definition) is 1. The zero-order valence-corrected chi connectivity index (χ0v) is 9.89. The van der Waals surface area contributed by atoms with E-state index in [0.717, 1.165) is 23.4 Å². The van der Waals surface area contributed by atoms with E-state index in [1.807, 2.05) is 0 Å². The second-order valence-corrected chi connectivity index (χ2v) is 3.82. The van der Waals surface area contributed by atoms with Crippen LogP contribution in [0.5, 0.6) is 0 Å². The Morgan fingerprint density at radius 3 is 2.63 bits per heavy atom. The van der Waals surface area contributed by atoms with Crippen molar-refractivity contribution in [1.82, 2.24) is 14.8 Å². The Morgan fingerprint density at radius 1 is 1.37 bits per heavy atom. The maximum Gasteiger partial charge on any atom is 0.418 e. The van der Waals surface area contributed by atoms with Crippen LogP contribution in [0.25, 0.3) is 5.69 Å². The predicted molar refractivity (Wildman–Crippen MR) is 60.5 cm³/mol. The molecule has 2 aromatic rings. The number of aromatic nitrogens is 3. The fraction of sp³-hybridized carbons (Fsp3) is 0.100. The van der Waals surface area contributed by atoms with Gasteiger partial charge >= 0.3 is 6.18 Å². The number of oxime groups is 1. The first-order valence-electron chi connectivity index (χ1n) is 4.87. The Hall–Kier alpha value is -2.09. The molecule has 0 spiro atoms. The molecule has 0 aliphatic heterocycles. The lowest BCUT2D eigenvalue weighted by Gasteiger charge is -2.13. The molecule has 1 aromatic carbocycles. The van der Waals surface area contributed by atoms with E-state index in [1.54, 1.807) is 0 Å². The average Bonchev–Trinajstić information content (AvgIpc) is 2.90. The van der Waals surface area contributed by atoms with Crippen molar-refractivity contribution in [2.45, 2.75) is 6.18 Å². The predicted octanol–water partition coefficient (Wildman–Crippen LogP) is 2.66. The third-order valence-corrected chi connectivity index (χ3v) is 2.59. The van der Waals surface area contributed by atoms with Crippen LogP contribution >= 0.6 is 11.6 Å². The highest BCUT2D eigenvalue weighted by Gasteiger charge is 2.34. The molecule has 1 aromatic heterocycles. The first-order valence-corrected chi connectivity index (χ1v) is 5.25. The van der Waals surface area contributed by atoms with Gasteiger partial charge in [-0.3, -0.25) is 0 Å². The quantitative estimate of drug-likeness (QED) is 0.525. The molecule has 1 heterocycles. The molecule has 0 saturated carbocycles. The van der Waals surface area contributed by atoms with Crippen molar-refractivity contribution in [3.63, 3.8) is 0 Å². The van der Waals surface area contributed by atoms with Gasteiger partial charge in [0, 0.05) is 5.56 Å². The van der Waals surface area contributed by atoms with Crippen molar-refractivity contribution in [2.24, 2.45) is 5.16 Å². The van der Waals surface area contributed by atoms with Gasteiger partial charge in [0.05, 0.1) is 11.3 Å². The fourth-order valence-corrected chi connectivity index (χ4v) is 1.60. The number of hydrogen-bond acceptors (Lipinski definition) is 4. The number of nitrogens with zero attached hydrogens (tertiary/aromatic N) is 4. The number of benzene rings is 1.